The van der Waals surface area contributed by atoms with Crippen molar-refractivity contribution in [3.63, 3.8) is 0 Å². The molecule has 3 heterocycles. The summed E-state index contributed by atoms with van der Waals surface area (Å²) in [6.07, 6.45) is 1.59. The van der Waals surface area contributed by atoms with Crippen LogP contribution in [0.25, 0.3) is 28.2 Å². The van der Waals surface area contributed by atoms with Gasteiger partial charge in [-0.25, -0.2) is 4.98 Å². The molecule has 1 aromatic carbocycles. The summed E-state index contributed by atoms with van der Waals surface area (Å²) in [6, 6.07) is 9.64. The molecule has 0 fully saturated rings. The van der Waals surface area contributed by atoms with Crippen LogP contribution in [-0.2, 0) is 0 Å². The molecule has 20 heavy (non-hydrogen) atoms. The Morgan fingerprint density at radius 1 is 1.15 bits per heavy atom. The van der Waals surface area contributed by atoms with Gasteiger partial charge in [0.1, 0.15) is 17.1 Å². The van der Waals surface area contributed by atoms with Crippen molar-refractivity contribution in [1.82, 2.24) is 19.6 Å². The van der Waals surface area contributed by atoms with Gasteiger partial charge < -0.3 is 4.42 Å². The van der Waals surface area contributed by atoms with Crippen molar-refractivity contribution in [1.29, 1.82) is 0 Å². The quantitative estimate of drug-likeness (QED) is 0.502. The fourth-order valence-corrected chi connectivity index (χ4v) is 2.35. The van der Waals surface area contributed by atoms with Gasteiger partial charge in [0.2, 0.25) is 5.82 Å². The summed E-state index contributed by atoms with van der Waals surface area (Å²) in [6.45, 7) is 2.05. The Balaban J connectivity index is 1.96. The monoisotopic (exact) mass is 284 g/mol. The minimum absolute atomic E-state index is 0.386. The van der Waals surface area contributed by atoms with Crippen molar-refractivity contribution in [3.8, 4) is 11.6 Å². The third kappa shape index (κ3) is 1.67. The second-order valence-electron chi connectivity index (χ2n) is 4.62. The van der Waals surface area contributed by atoms with Gasteiger partial charge in [0.05, 0.1) is 0 Å². The van der Waals surface area contributed by atoms with E-state index < -0.39 is 0 Å². The van der Waals surface area contributed by atoms with Gasteiger partial charge in [-0.3, -0.25) is 4.40 Å². The van der Waals surface area contributed by atoms with E-state index in [1.807, 2.05) is 25.1 Å². The fourth-order valence-electron chi connectivity index (χ4n) is 2.21. The van der Waals surface area contributed by atoms with Crippen LogP contribution in [0.5, 0.6) is 0 Å². The lowest BCUT2D eigenvalue weighted by molar-refractivity contribution is 0.624. The summed E-state index contributed by atoms with van der Waals surface area (Å²) >= 11 is 5.84. The van der Waals surface area contributed by atoms with E-state index in [9.17, 15) is 0 Å². The molecule has 0 saturated heterocycles. The molecule has 0 aliphatic carbocycles. The van der Waals surface area contributed by atoms with Crippen LogP contribution in [0.4, 0.5) is 0 Å². The summed E-state index contributed by atoms with van der Waals surface area (Å²) in [5.74, 6) is 1.26. The Morgan fingerprint density at radius 2 is 2.05 bits per heavy atom. The number of furan rings is 1. The second-order valence-corrected chi connectivity index (χ2v) is 5.00. The molecule has 3 aromatic heterocycles. The number of hydrogen-bond acceptors (Lipinski definition) is 4. The molecule has 0 unspecified atom stereocenters. The van der Waals surface area contributed by atoms with Crippen molar-refractivity contribution in [2.45, 2.75) is 6.92 Å². The standard InChI is InChI=1S/C14H9ClN4O/c1-8-2-3-10-9(4-8)5-11(20-10)14-18-17-13-6-12(15)16-7-19(13)14/h2-7H,1H3. The number of aryl methyl sites for hydroxylation is 1. The summed E-state index contributed by atoms with van der Waals surface area (Å²) < 4.78 is 7.57. The third-order valence-corrected chi connectivity index (χ3v) is 3.37. The smallest absolute Gasteiger partial charge is 0.205 e. The minimum Gasteiger partial charge on any atom is -0.453 e. The Labute approximate surface area is 118 Å². The molecule has 0 saturated carbocycles. The van der Waals surface area contributed by atoms with Crippen molar-refractivity contribution in [3.05, 3.63) is 47.4 Å². The van der Waals surface area contributed by atoms with E-state index >= 15 is 0 Å². The number of halogens is 1. The molecule has 0 atom stereocenters. The predicted octanol–water partition coefficient (Wildman–Crippen LogP) is 3.50. The molecule has 4 rings (SSSR count). The van der Waals surface area contributed by atoms with Gasteiger partial charge in [0.15, 0.2) is 11.4 Å². The number of benzene rings is 1. The average molecular weight is 285 g/mol. The maximum atomic E-state index is 5.84. The third-order valence-electron chi connectivity index (χ3n) is 3.16. The van der Waals surface area contributed by atoms with E-state index in [0.717, 1.165) is 11.0 Å². The molecule has 0 spiro atoms. The zero-order chi connectivity index (χ0) is 13.7. The summed E-state index contributed by atoms with van der Waals surface area (Å²) in [5.41, 5.74) is 2.64. The lowest BCUT2D eigenvalue weighted by atomic mass is 10.2. The summed E-state index contributed by atoms with van der Waals surface area (Å²) in [5, 5.41) is 9.64. The number of fused-ring (bicyclic) bond motifs is 2. The highest BCUT2D eigenvalue weighted by molar-refractivity contribution is 6.29. The van der Waals surface area contributed by atoms with Crippen molar-refractivity contribution in [2.75, 3.05) is 0 Å². The van der Waals surface area contributed by atoms with E-state index in [1.165, 1.54) is 5.56 Å². The van der Waals surface area contributed by atoms with Crippen LogP contribution in [0, 0.1) is 6.92 Å². The number of hydrogen-bond donors (Lipinski definition) is 0. The average Bonchev–Trinajstić information content (AvgIpc) is 3.00. The SMILES string of the molecule is Cc1ccc2oc(-c3nnc4cc(Cl)ncn34)cc2c1. The minimum atomic E-state index is 0.386. The van der Waals surface area contributed by atoms with E-state index in [0.29, 0.717) is 22.4 Å². The molecular weight excluding hydrogens is 276 g/mol. The highest BCUT2D eigenvalue weighted by atomic mass is 35.5. The predicted molar refractivity (Wildman–Crippen MR) is 75.7 cm³/mol. The summed E-state index contributed by atoms with van der Waals surface area (Å²) in [7, 11) is 0. The van der Waals surface area contributed by atoms with Crippen LogP contribution >= 0.6 is 11.6 Å². The first-order chi connectivity index (χ1) is 9.70. The molecule has 0 radical (unpaired) electrons. The maximum absolute atomic E-state index is 5.84. The molecule has 0 bridgehead atoms. The number of aromatic nitrogens is 4. The van der Waals surface area contributed by atoms with Gasteiger partial charge in [-0.1, -0.05) is 23.2 Å². The topological polar surface area (TPSA) is 56.2 Å². The van der Waals surface area contributed by atoms with Crippen LogP contribution in [0.3, 0.4) is 0 Å². The highest BCUT2D eigenvalue weighted by Gasteiger charge is 2.13. The zero-order valence-electron chi connectivity index (χ0n) is 10.5. The molecule has 5 nitrogen and oxygen atoms in total. The largest absolute Gasteiger partial charge is 0.453 e. The van der Waals surface area contributed by atoms with E-state index in [2.05, 4.69) is 21.2 Å². The Kier molecular flexibility index (Phi) is 2.31. The second kappa shape index (κ2) is 4.05. The first-order valence-electron chi connectivity index (χ1n) is 6.07. The Hall–Kier alpha value is -2.40. The van der Waals surface area contributed by atoms with Gasteiger partial charge in [-0.2, -0.15) is 0 Å². The normalized spacial score (nSPS) is 11.5. The summed E-state index contributed by atoms with van der Waals surface area (Å²) in [4.78, 5) is 4.04. The lowest BCUT2D eigenvalue weighted by Crippen LogP contribution is -1.89. The molecule has 0 aliphatic heterocycles. The van der Waals surface area contributed by atoms with Crippen molar-refractivity contribution in [2.24, 2.45) is 0 Å². The van der Waals surface area contributed by atoms with E-state index in [-0.39, 0.29) is 0 Å². The molecular formula is C14H9ClN4O. The van der Waals surface area contributed by atoms with Gasteiger partial charge in [-0.15, -0.1) is 10.2 Å². The molecule has 0 N–H and O–H groups in total. The zero-order valence-corrected chi connectivity index (χ0v) is 11.3. The van der Waals surface area contributed by atoms with E-state index in [4.69, 9.17) is 16.0 Å². The maximum Gasteiger partial charge on any atom is 0.205 e. The molecule has 6 heteroatoms. The van der Waals surface area contributed by atoms with Crippen LogP contribution in [0.2, 0.25) is 5.15 Å². The van der Waals surface area contributed by atoms with Crippen molar-refractivity contribution >= 4 is 28.2 Å². The van der Waals surface area contributed by atoms with Crippen LogP contribution in [0.1, 0.15) is 5.56 Å². The number of nitrogens with zero attached hydrogens (tertiary/aromatic N) is 4. The fraction of sp³-hybridized carbons (Fsp3) is 0.0714. The molecule has 4 aromatic rings. The van der Waals surface area contributed by atoms with Crippen LogP contribution in [-0.4, -0.2) is 19.6 Å². The van der Waals surface area contributed by atoms with E-state index in [1.54, 1.807) is 16.8 Å². The first kappa shape index (κ1) is 11.4. The Bertz CT molecular complexity index is 941. The lowest BCUT2D eigenvalue weighted by Gasteiger charge is -1.95. The van der Waals surface area contributed by atoms with Crippen LogP contribution in [0.15, 0.2) is 41.1 Å². The first-order valence-corrected chi connectivity index (χ1v) is 6.45. The molecule has 0 aliphatic rings. The van der Waals surface area contributed by atoms with Gasteiger partial charge in [-0.05, 0) is 25.1 Å². The van der Waals surface area contributed by atoms with Crippen LogP contribution < -0.4 is 0 Å². The van der Waals surface area contributed by atoms with Gasteiger partial charge >= 0.3 is 0 Å². The van der Waals surface area contributed by atoms with Gasteiger partial charge in [0, 0.05) is 11.5 Å². The van der Waals surface area contributed by atoms with Gasteiger partial charge in [0.25, 0.3) is 0 Å². The number of rotatable bonds is 1. The van der Waals surface area contributed by atoms with Crippen molar-refractivity contribution < 1.29 is 4.42 Å². The molecule has 0 amide bonds. The molecule has 98 valence electrons. The highest BCUT2D eigenvalue weighted by Crippen LogP contribution is 2.27. The Morgan fingerprint density at radius 3 is 2.95 bits per heavy atom.